The lowest BCUT2D eigenvalue weighted by molar-refractivity contribution is -0.144. The molecule has 2 rings (SSSR count). The van der Waals surface area contributed by atoms with Gasteiger partial charge in [0, 0.05) is 12.7 Å². The van der Waals surface area contributed by atoms with Gasteiger partial charge in [-0.2, -0.15) is 13.2 Å². The molecular weight excluding hydrogens is 301 g/mol. The highest BCUT2D eigenvalue weighted by Gasteiger charge is 2.35. The molecule has 1 aromatic rings. The Balaban J connectivity index is 2.20. The van der Waals surface area contributed by atoms with Crippen LogP contribution in [0, 0.1) is 0 Å². The number of halogens is 3. The molecule has 0 saturated carbocycles. The zero-order chi connectivity index (χ0) is 16.5. The molecule has 0 radical (unpaired) electrons. The molecule has 1 aliphatic rings. The zero-order valence-corrected chi connectivity index (χ0v) is 12.3. The summed E-state index contributed by atoms with van der Waals surface area (Å²) in [4.78, 5) is 25.6. The van der Waals surface area contributed by atoms with Crippen LogP contribution in [0.1, 0.15) is 19.4 Å². The molecule has 0 spiro atoms. The average molecular weight is 318 g/mol. The van der Waals surface area contributed by atoms with E-state index in [1.807, 2.05) is 6.92 Å². The van der Waals surface area contributed by atoms with Crippen molar-refractivity contribution in [3.8, 4) is 0 Å². The van der Waals surface area contributed by atoms with Crippen LogP contribution in [-0.2, 0) is 22.3 Å². The fourth-order valence-corrected chi connectivity index (χ4v) is 2.36. The van der Waals surface area contributed by atoms with Gasteiger partial charge in [0.25, 0.3) is 5.56 Å². The Morgan fingerprint density at radius 1 is 1.41 bits per heavy atom. The first kappa shape index (κ1) is 16.5. The van der Waals surface area contributed by atoms with Gasteiger partial charge in [0.1, 0.15) is 12.1 Å². The minimum Gasteiger partial charge on any atom is -0.375 e. The van der Waals surface area contributed by atoms with Crippen LogP contribution < -0.4 is 5.56 Å². The Bertz CT molecular complexity index is 612. The Labute approximate surface area is 125 Å². The van der Waals surface area contributed by atoms with Gasteiger partial charge in [-0.3, -0.25) is 9.59 Å². The van der Waals surface area contributed by atoms with Gasteiger partial charge >= 0.3 is 6.18 Å². The van der Waals surface area contributed by atoms with Crippen molar-refractivity contribution in [3.05, 3.63) is 34.2 Å². The second-order valence-corrected chi connectivity index (χ2v) is 5.39. The van der Waals surface area contributed by atoms with Crippen molar-refractivity contribution < 1.29 is 22.7 Å². The third kappa shape index (κ3) is 3.49. The predicted molar refractivity (Wildman–Crippen MR) is 72.3 cm³/mol. The van der Waals surface area contributed by atoms with Crippen LogP contribution in [0.2, 0.25) is 0 Å². The average Bonchev–Trinajstić information content (AvgIpc) is 2.42. The quantitative estimate of drug-likeness (QED) is 0.830. The number of rotatable bonds is 2. The zero-order valence-electron chi connectivity index (χ0n) is 12.3. The molecule has 1 amide bonds. The number of aromatic nitrogens is 1. The highest BCUT2D eigenvalue weighted by Crippen LogP contribution is 2.26. The minimum absolute atomic E-state index is 0.140. The summed E-state index contributed by atoms with van der Waals surface area (Å²) in [7, 11) is 0. The normalized spacial score (nSPS) is 22.7. The summed E-state index contributed by atoms with van der Waals surface area (Å²) in [5, 5.41) is 0. The van der Waals surface area contributed by atoms with E-state index in [4.69, 9.17) is 4.74 Å². The summed E-state index contributed by atoms with van der Waals surface area (Å²) in [6.45, 7) is 3.90. The lowest BCUT2D eigenvalue weighted by Crippen LogP contribution is -2.51. The van der Waals surface area contributed by atoms with Crippen molar-refractivity contribution in [2.75, 3.05) is 13.2 Å². The number of amides is 1. The number of ether oxygens (including phenoxy) is 1. The molecule has 1 fully saturated rings. The van der Waals surface area contributed by atoms with Gasteiger partial charge in [-0.15, -0.1) is 0 Å². The lowest BCUT2D eigenvalue weighted by Gasteiger charge is -2.36. The molecule has 0 aliphatic carbocycles. The van der Waals surface area contributed by atoms with Crippen LogP contribution in [0.3, 0.4) is 0 Å². The third-order valence-electron chi connectivity index (χ3n) is 3.56. The molecule has 0 bridgehead atoms. The van der Waals surface area contributed by atoms with E-state index in [2.05, 4.69) is 0 Å². The smallest absolute Gasteiger partial charge is 0.375 e. The molecule has 8 heteroatoms. The van der Waals surface area contributed by atoms with Crippen LogP contribution in [0.4, 0.5) is 13.2 Å². The van der Waals surface area contributed by atoms with Crippen LogP contribution in [-0.4, -0.2) is 40.7 Å². The molecule has 5 nitrogen and oxygen atoms in total. The highest BCUT2D eigenvalue weighted by molar-refractivity contribution is 5.76. The van der Waals surface area contributed by atoms with E-state index in [-0.39, 0.29) is 12.1 Å². The number of pyridine rings is 1. The van der Waals surface area contributed by atoms with E-state index in [9.17, 15) is 22.8 Å². The number of carbonyl (C=O) groups excluding carboxylic acids is 1. The van der Waals surface area contributed by atoms with Crippen molar-refractivity contribution in [1.29, 1.82) is 0 Å². The Morgan fingerprint density at radius 3 is 2.73 bits per heavy atom. The summed E-state index contributed by atoms with van der Waals surface area (Å²) in [6.07, 6.45) is -3.69. The number of carbonyl (C=O) groups is 1. The number of alkyl halides is 3. The highest BCUT2D eigenvalue weighted by atomic mass is 19.4. The molecule has 1 saturated heterocycles. The van der Waals surface area contributed by atoms with E-state index in [1.54, 1.807) is 6.92 Å². The second-order valence-electron chi connectivity index (χ2n) is 5.39. The Morgan fingerprint density at radius 2 is 2.09 bits per heavy atom. The Kier molecular flexibility index (Phi) is 4.60. The lowest BCUT2D eigenvalue weighted by atomic mass is 10.2. The summed E-state index contributed by atoms with van der Waals surface area (Å²) in [5.41, 5.74) is -2.48. The van der Waals surface area contributed by atoms with Gasteiger partial charge in [-0.1, -0.05) is 0 Å². The molecular formula is C14H17F3N2O3. The van der Waals surface area contributed by atoms with Gasteiger partial charge < -0.3 is 14.2 Å². The van der Waals surface area contributed by atoms with Gasteiger partial charge in [0.15, 0.2) is 0 Å². The van der Waals surface area contributed by atoms with Crippen LogP contribution in [0.15, 0.2) is 23.1 Å². The van der Waals surface area contributed by atoms with Crippen molar-refractivity contribution in [2.24, 2.45) is 0 Å². The fraction of sp³-hybridized carbons (Fsp3) is 0.571. The summed E-state index contributed by atoms with van der Waals surface area (Å²) in [5.74, 6) is -0.399. The van der Waals surface area contributed by atoms with Crippen LogP contribution in [0.5, 0.6) is 0 Å². The standard InChI is InChI=1S/C14H17F3N2O3/c1-9-8-22-10(2)6-19(9)12(20)7-18-5-3-4-11(13(18)21)14(15,16)17/h3-5,9-10H,6-8H2,1-2H3. The first-order chi connectivity index (χ1) is 10.2. The van der Waals surface area contributed by atoms with Crippen molar-refractivity contribution in [1.82, 2.24) is 9.47 Å². The van der Waals surface area contributed by atoms with Crippen LogP contribution in [0.25, 0.3) is 0 Å². The molecule has 2 atom stereocenters. The second kappa shape index (κ2) is 6.12. The molecule has 2 heterocycles. The topological polar surface area (TPSA) is 51.5 Å². The number of morpholine rings is 1. The maximum atomic E-state index is 12.7. The molecule has 1 aromatic heterocycles. The maximum absolute atomic E-state index is 12.7. The SMILES string of the molecule is CC1CN(C(=O)Cn2cccc(C(F)(F)F)c2=O)C(C)CO1. The first-order valence-electron chi connectivity index (χ1n) is 6.88. The van der Waals surface area contributed by atoms with Gasteiger partial charge in [0.05, 0.1) is 18.8 Å². The van der Waals surface area contributed by atoms with Crippen molar-refractivity contribution in [3.63, 3.8) is 0 Å². The van der Waals surface area contributed by atoms with E-state index >= 15 is 0 Å². The molecule has 2 unspecified atom stereocenters. The number of nitrogens with zero attached hydrogens (tertiary/aromatic N) is 2. The number of hydrogen-bond donors (Lipinski definition) is 0. The monoisotopic (exact) mass is 318 g/mol. The maximum Gasteiger partial charge on any atom is 0.421 e. The molecule has 0 N–H and O–H groups in total. The molecule has 22 heavy (non-hydrogen) atoms. The number of hydrogen-bond acceptors (Lipinski definition) is 3. The van der Waals surface area contributed by atoms with E-state index < -0.39 is 29.8 Å². The van der Waals surface area contributed by atoms with Crippen molar-refractivity contribution in [2.45, 2.75) is 38.7 Å². The third-order valence-corrected chi connectivity index (χ3v) is 3.56. The molecule has 1 aliphatic heterocycles. The Hall–Kier alpha value is -1.83. The first-order valence-corrected chi connectivity index (χ1v) is 6.88. The summed E-state index contributed by atoms with van der Waals surface area (Å²) in [6, 6.07) is 1.65. The predicted octanol–water partition coefficient (Wildman–Crippen LogP) is 1.50. The summed E-state index contributed by atoms with van der Waals surface area (Å²) >= 11 is 0. The summed E-state index contributed by atoms with van der Waals surface area (Å²) < 4.78 is 44.3. The molecule has 122 valence electrons. The minimum atomic E-state index is -4.73. The largest absolute Gasteiger partial charge is 0.421 e. The van der Waals surface area contributed by atoms with Crippen molar-refractivity contribution >= 4 is 5.91 Å². The van der Waals surface area contributed by atoms with Gasteiger partial charge in [0.2, 0.25) is 5.91 Å². The van der Waals surface area contributed by atoms with Crippen LogP contribution >= 0.6 is 0 Å². The molecule has 0 aromatic carbocycles. The van der Waals surface area contributed by atoms with E-state index in [0.717, 1.165) is 10.6 Å². The van der Waals surface area contributed by atoms with E-state index in [0.29, 0.717) is 19.2 Å². The van der Waals surface area contributed by atoms with Gasteiger partial charge in [-0.25, -0.2) is 0 Å². The van der Waals surface area contributed by atoms with Gasteiger partial charge in [-0.05, 0) is 26.0 Å². The fourth-order valence-electron chi connectivity index (χ4n) is 2.36. The van der Waals surface area contributed by atoms with E-state index in [1.165, 1.54) is 11.1 Å².